The van der Waals surface area contributed by atoms with E-state index in [1.165, 1.54) is 19.3 Å². The van der Waals surface area contributed by atoms with Gasteiger partial charge in [0.1, 0.15) is 6.07 Å². The summed E-state index contributed by atoms with van der Waals surface area (Å²) in [6.45, 7) is 0. The zero-order chi connectivity index (χ0) is 8.55. The van der Waals surface area contributed by atoms with Gasteiger partial charge in [-0.1, -0.05) is 0 Å². The van der Waals surface area contributed by atoms with Crippen LogP contribution >= 0.6 is 12.6 Å². The molecule has 12 heavy (non-hydrogen) atoms. The molecule has 4 heteroatoms. The average molecular weight is 179 g/mol. The highest BCUT2D eigenvalue weighted by molar-refractivity contribution is 7.80. The van der Waals surface area contributed by atoms with Gasteiger partial charge in [-0.05, 0) is 19.3 Å². The van der Waals surface area contributed by atoms with Crippen molar-refractivity contribution in [1.82, 2.24) is 9.78 Å². The Labute approximate surface area is 76.4 Å². The van der Waals surface area contributed by atoms with Gasteiger partial charge in [-0.25, -0.2) is 0 Å². The van der Waals surface area contributed by atoms with Crippen molar-refractivity contribution in [2.24, 2.45) is 0 Å². The zero-order valence-electron chi connectivity index (χ0n) is 6.56. The number of thiol groups is 1. The summed E-state index contributed by atoms with van der Waals surface area (Å²) in [5.41, 5.74) is 0.435. The minimum absolute atomic E-state index is 0.435. The molecule has 1 aromatic rings. The highest BCUT2D eigenvalue weighted by Crippen LogP contribution is 2.31. The molecule has 1 fully saturated rings. The highest BCUT2D eigenvalue weighted by Gasteiger charge is 2.21. The molecule has 0 saturated heterocycles. The molecule has 1 aliphatic carbocycles. The molecule has 0 bridgehead atoms. The summed E-state index contributed by atoms with van der Waals surface area (Å²) < 4.78 is 1.87. The third-order valence-electron chi connectivity index (χ3n) is 2.27. The van der Waals surface area contributed by atoms with Crippen molar-refractivity contribution < 1.29 is 0 Å². The Kier molecular flexibility index (Phi) is 1.81. The highest BCUT2D eigenvalue weighted by atomic mass is 32.1. The van der Waals surface area contributed by atoms with Crippen LogP contribution in [-0.2, 0) is 0 Å². The molecule has 0 N–H and O–H groups in total. The maximum absolute atomic E-state index is 8.63. The van der Waals surface area contributed by atoms with Crippen molar-refractivity contribution in [1.29, 1.82) is 5.26 Å². The van der Waals surface area contributed by atoms with E-state index < -0.39 is 0 Å². The van der Waals surface area contributed by atoms with Crippen molar-refractivity contribution >= 4 is 12.6 Å². The van der Waals surface area contributed by atoms with Crippen molar-refractivity contribution in [3.8, 4) is 6.07 Å². The van der Waals surface area contributed by atoms with Crippen molar-refractivity contribution in [2.45, 2.75) is 30.2 Å². The van der Waals surface area contributed by atoms with Gasteiger partial charge in [-0.15, -0.1) is 12.6 Å². The fourth-order valence-corrected chi connectivity index (χ4v) is 1.51. The molecule has 0 aromatic carbocycles. The second kappa shape index (κ2) is 2.83. The second-order valence-electron chi connectivity index (χ2n) is 3.04. The molecule has 2 rings (SSSR count). The van der Waals surface area contributed by atoms with E-state index in [0.29, 0.717) is 16.6 Å². The largest absolute Gasteiger partial charge is 0.267 e. The monoisotopic (exact) mass is 179 g/mol. The molecule has 1 aliphatic rings. The van der Waals surface area contributed by atoms with E-state index in [1.54, 1.807) is 0 Å². The normalized spacial score (nSPS) is 17.0. The number of aromatic nitrogens is 2. The van der Waals surface area contributed by atoms with Crippen LogP contribution in [0.5, 0.6) is 0 Å². The average Bonchev–Trinajstić information content (AvgIpc) is 2.27. The van der Waals surface area contributed by atoms with Gasteiger partial charge in [0, 0.05) is 6.20 Å². The van der Waals surface area contributed by atoms with Gasteiger partial charge < -0.3 is 0 Å². The lowest BCUT2D eigenvalue weighted by Crippen LogP contribution is -2.17. The Hall–Kier alpha value is -0.950. The van der Waals surface area contributed by atoms with Gasteiger partial charge in [-0.2, -0.15) is 10.4 Å². The summed E-state index contributed by atoms with van der Waals surface area (Å²) in [4.78, 5) is 0.685. The van der Waals surface area contributed by atoms with Gasteiger partial charge in [0.05, 0.1) is 10.9 Å². The van der Waals surface area contributed by atoms with Crippen LogP contribution in [0.25, 0.3) is 0 Å². The minimum Gasteiger partial charge on any atom is -0.267 e. The summed E-state index contributed by atoms with van der Waals surface area (Å²) in [5.74, 6) is 0. The molecule has 1 aromatic heterocycles. The molecule has 0 spiro atoms. The molecule has 0 aliphatic heterocycles. The first-order chi connectivity index (χ1) is 5.81. The van der Waals surface area contributed by atoms with E-state index in [2.05, 4.69) is 17.7 Å². The number of rotatable bonds is 1. The number of nitrogens with zero attached hydrogens (tertiary/aromatic N) is 3. The molecule has 0 unspecified atom stereocenters. The van der Waals surface area contributed by atoms with E-state index >= 15 is 0 Å². The SMILES string of the molecule is N#Cc1nn(C2CCC2)cc1S. The number of hydrogen-bond donors (Lipinski definition) is 1. The molecule has 3 nitrogen and oxygen atoms in total. The topological polar surface area (TPSA) is 41.6 Å². The van der Waals surface area contributed by atoms with Gasteiger partial charge >= 0.3 is 0 Å². The van der Waals surface area contributed by atoms with E-state index in [-0.39, 0.29) is 0 Å². The molecule has 1 saturated carbocycles. The van der Waals surface area contributed by atoms with Crippen molar-refractivity contribution in [3.05, 3.63) is 11.9 Å². The van der Waals surface area contributed by atoms with E-state index in [4.69, 9.17) is 5.26 Å². The Balaban J connectivity index is 2.28. The predicted molar refractivity (Wildman–Crippen MR) is 47.1 cm³/mol. The van der Waals surface area contributed by atoms with Crippen LogP contribution in [-0.4, -0.2) is 9.78 Å². The first kappa shape index (κ1) is 7.69. The van der Waals surface area contributed by atoms with Crippen LogP contribution in [0.3, 0.4) is 0 Å². The van der Waals surface area contributed by atoms with E-state index in [9.17, 15) is 0 Å². The van der Waals surface area contributed by atoms with Gasteiger partial charge in [0.15, 0.2) is 5.69 Å². The molecule has 1 heterocycles. The summed E-state index contributed by atoms with van der Waals surface area (Å²) in [6, 6.07) is 2.52. The first-order valence-electron chi connectivity index (χ1n) is 3.99. The lowest BCUT2D eigenvalue weighted by atomic mass is 9.93. The van der Waals surface area contributed by atoms with Crippen LogP contribution in [0, 0.1) is 11.3 Å². The quantitative estimate of drug-likeness (QED) is 0.667. The molecule has 62 valence electrons. The molecule has 0 radical (unpaired) electrons. The van der Waals surface area contributed by atoms with Gasteiger partial charge in [0.25, 0.3) is 0 Å². The molecule has 0 amide bonds. The third kappa shape index (κ3) is 1.10. The Bertz CT molecular complexity index is 333. The van der Waals surface area contributed by atoms with Crippen LogP contribution in [0.4, 0.5) is 0 Å². The van der Waals surface area contributed by atoms with Crippen molar-refractivity contribution in [2.75, 3.05) is 0 Å². The van der Waals surface area contributed by atoms with E-state index in [0.717, 1.165) is 0 Å². The maximum atomic E-state index is 8.63. The lowest BCUT2D eigenvalue weighted by molar-refractivity contribution is 0.288. The fraction of sp³-hybridized carbons (Fsp3) is 0.500. The van der Waals surface area contributed by atoms with Gasteiger partial charge in [-0.3, -0.25) is 4.68 Å². The Morgan fingerprint density at radius 3 is 2.83 bits per heavy atom. The fourth-order valence-electron chi connectivity index (χ4n) is 1.30. The summed E-state index contributed by atoms with van der Waals surface area (Å²) in [7, 11) is 0. The molecular formula is C8H9N3S. The van der Waals surface area contributed by atoms with Crippen LogP contribution in [0.1, 0.15) is 31.0 Å². The number of nitriles is 1. The maximum Gasteiger partial charge on any atom is 0.175 e. The smallest absolute Gasteiger partial charge is 0.175 e. The van der Waals surface area contributed by atoms with Crippen LogP contribution in [0.2, 0.25) is 0 Å². The second-order valence-corrected chi connectivity index (χ2v) is 3.52. The number of hydrogen-bond acceptors (Lipinski definition) is 3. The molecular weight excluding hydrogens is 170 g/mol. The minimum atomic E-state index is 0.435. The summed E-state index contributed by atoms with van der Waals surface area (Å²) in [6.07, 6.45) is 5.47. The summed E-state index contributed by atoms with van der Waals surface area (Å²) >= 11 is 4.15. The third-order valence-corrected chi connectivity index (χ3v) is 2.59. The molecule has 0 atom stereocenters. The van der Waals surface area contributed by atoms with E-state index in [1.807, 2.05) is 16.9 Å². The first-order valence-corrected chi connectivity index (χ1v) is 4.44. The lowest BCUT2D eigenvalue weighted by Gasteiger charge is -2.25. The van der Waals surface area contributed by atoms with Crippen LogP contribution in [0.15, 0.2) is 11.1 Å². The summed E-state index contributed by atoms with van der Waals surface area (Å²) in [5, 5.41) is 12.8. The Morgan fingerprint density at radius 2 is 2.42 bits per heavy atom. The van der Waals surface area contributed by atoms with Crippen LogP contribution < -0.4 is 0 Å². The van der Waals surface area contributed by atoms with Crippen molar-refractivity contribution in [3.63, 3.8) is 0 Å². The predicted octanol–water partition coefficient (Wildman–Crippen LogP) is 1.77. The standard InChI is InChI=1S/C8H9N3S/c9-4-7-8(12)5-11(10-7)6-2-1-3-6/h5-6,12H,1-3H2. The van der Waals surface area contributed by atoms with Gasteiger partial charge in [0.2, 0.25) is 0 Å². The zero-order valence-corrected chi connectivity index (χ0v) is 7.46. The Morgan fingerprint density at radius 1 is 1.67 bits per heavy atom.